The van der Waals surface area contributed by atoms with Gasteiger partial charge in [0.2, 0.25) is 0 Å². The molecule has 1 fully saturated rings. The van der Waals surface area contributed by atoms with Crippen molar-refractivity contribution in [2.24, 2.45) is 11.8 Å². The van der Waals surface area contributed by atoms with Gasteiger partial charge in [0, 0.05) is 11.6 Å². The van der Waals surface area contributed by atoms with Crippen molar-refractivity contribution in [3.8, 4) is 16.9 Å². The van der Waals surface area contributed by atoms with Gasteiger partial charge in [-0.15, -0.1) is 0 Å². The SMILES string of the molecule is C=C(CO)C(=O)OCCCc1ccc(-c2ccc(OCC3CCC(CCCCC)CC3)cc2F)cc1. The number of benzene rings is 2. The van der Waals surface area contributed by atoms with Crippen LogP contribution < -0.4 is 4.74 Å². The lowest BCUT2D eigenvalue weighted by Crippen LogP contribution is -2.20. The van der Waals surface area contributed by atoms with E-state index in [1.54, 1.807) is 6.07 Å². The lowest BCUT2D eigenvalue weighted by atomic mass is 9.80. The summed E-state index contributed by atoms with van der Waals surface area (Å²) in [4.78, 5) is 11.5. The fourth-order valence-corrected chi connectivity index (χ4v) is 4.86. The minimum atomic E-state index is -0.569. The van der Waals surface area contributed by atoms with Crippen LogP contribution in [-0.2, 0) is 16.0 Å². The first kappa shape index (κ1) is 27.9. The van der Waals surface area contributed by atoms with Crippen molar-refractivity contribution < 1.29 is 23.8 Å². The Balaban J connectivity index is 1.42. The van der Waals surface area contributed by atoms with Crippen LogP contribution in [0.1, 0.15) is 70.3 Å². The van der Waals surface area contributed by atoms with Crippen LogP contribution in [0.2, 0.25) is 0 Å². The lowest BCUT2D eigenvalue weighted by Gasteiger charge is -2.28. The number of unbranched alkanes of at least 4 members (excludes halogenated alkanes) is 2. The van der Waals surface area contributed by atoms with Crippen LogP contribution in [-0.4, -0.2) is 30.9 Å². The molecule has 0 spiro atoms. The summed E-state index contributed by atoms with van der Waals surface area (Å²) in [5.74, 6) is 1.19. The van der Waals surface area contributed by atoms with Crippen molar-refractivity contribution in [1.29, 1.82) is 0 Å². The van der Waals surface area contributed by atoms with E-state index in [4.69, 9.17) is 14.6 Å². The van der Waals surface area contributed by atoms with Gasteiger partial charge in [0.25, 0.3) is 0 Å². The maximum absolute atomic E-state index is 14.9. The molecule has 1 saturated carbocycles. The molecule has 0 radical (unpaired) electrons. The first-order chi connectivity index (χ1) is 17.5. The van der Waals surface area contributed by atoms with Crippen LogP contribution in [0.5, 0.6) is 5.75 Å². The summed E-state index contributed by atoms with van der Waals surface area (Å²) in [6.45, 7) is 6.22. The number of rotatable bonds is 14. The quantitative estimate of drug-likeness (QED) is 0.170. The monoisotopic (exact) mass is 496 g/mol. The molecule has 1 N–H and O–H groups in total. The first-order valence-corrected chi connectivity index (χ1v) is 13.5. The van der Waals surface area contributed by atoms with Crippen molar-refractivity contribution in [2.45, 2.75) is 71.1 Å². The molecule has 5 heteroatoms. The molecule has 3 rings (SSSR count). The summed E-state index contributed by atoms with van der Waals surface area (Å²) in [5, 5.41) is 8.88. The minimum Gasteiger partial charge on any atom is -0.493 e. The second kappa shape index (κ2) is 14.8. The van der Waals surface area contributed by atoms with Gasteiger partial charge in [-0.1, -0.05) is 76.3 Å². The van der Waals surface area contributed by atoms with Crippen LogP contribution in [0.25, 0.3) is 11.1 Å². The Labute approximate surface area is 215 Å². The molecular formula is C31H41FO4. The van der Waals surface area contributed by atoms with Gasteiger partial charge in [0.05, 0.1) is 25.4 Å². The molecule has 0 heterocycles. The molecular weight excluding hydrogens is 455 g/mol. The third-order valence-electron chi connectivity index (χ3n) is 7.20. The van der Waals surface area contributed by atoms with E-state index in [0.29, 0.717) is 30.3 Å². The fraction of sp³-hybridized carbons (Fsp3) is 0.516. The van der Waals surface area contributed by atoms with Crippen molar-refractivity contribution in [3.63, 3.8) is 0 Å². The van der Waals surface area contributed by atoms with E-state index in [2.05, 4.69) is 13.5 Å². The summed E-state index contributed by atoms with van der Waals surface area (Å²) >= 11 is 0. The lowest BCUT2D eigenvalue weighted by molar-refractivity contribution is -0.139. The predicted molar refractivity (Wildman–Crippen MR) is 142 cm³/mol. The van der Waals surface area contributed by atoms with Gasteiger partial charge in [-0.25, -0.2) is 9.18 Å². The highest BCUT2D eigenvalue weighted by molar-refractivity contribution is 5.87. The maximum Gasteiger partial charge on any atom is 0.335 e. The number of aliphatic hydroxyl groups is 1. The Morgan fingerprint density at radius 3 is 2.42 bits per heavy atom. The van der Waals surface area contributed by atoms with E-state index >= 15 is 0 Å². The molecule has 4 nitrogen and oxygen atoms in total. The van der Waals surface area contributed by atoms with Crippen LogP contribution in [0.3, 0.4) is 0 Å². The maximum atomic E-state index is 14.9. The zero-order chi connectivity index (χ0) is 25.8. The Kier molecular flexibility index (Phi) is 11.5. The molecule has 0 saturated heterocycles. The third-order valence-corrected chi connectivity index (χ3v) is 7.20. The molecule has 0 aliphatic heterocycles. The fourth-order valence-electron chi connectivity index (χ4n) is 4.86. The molecule has 1 aliphatic carbocycles. The first-order valence-electron chi connectivity index (χ1n) is 13.5. The van der Waals surface area contributed by atoms with Crippen LogP contribution in [0, 0.1) is 17.7 Å². The largest absolute Gasteiger partial charge is 0.493 e. The van der Waals surface area contributed by atoms with E-state index in [1.807, 2.05) is 30.3 Å². The average Bonchev–Trinajstić information content (AvgIpc) is 2.90. The third kappa shape index (κ3) is 8.77. The Morgan fingerprint density at radius 2 is 1.75 bits per heavy atom. The van der Waals surface area contributed by atoms with E-state index in [0.717, 1.165) is 23.5 Å². The number of halogens is 1. The molecule has 2 aromatic rings. The summed E-state index contributed by atoms with van der Waals surface area (Å²) in [6, 6.07) is 12.9. The summed E-state index contributed by atoms with van der Waals surface area (Å²) in [5.41, 5.74) is 2.50. The number of aliphatic hydroxyl groups excluding tert-OH is 1. The van der Waals surface area contributed by atoms with Gasteiger partial charge in [0.15, 0.2) is 0 Å². The number of ether oxygens (including phenoxy) is 2. The normalized spacial score (nSPS) is 17.5. The van der Waals surface area contributed by atoms with Crippen molar-refractivity contribution >= 4 is 5.97 Å². The highest BCUT2D eigenvalue weighted by atomic mass is 19.1. The Morgan fingerprint density at radius 1 is 1.03 bits per heavy atom. The molecule has 1 aliphatic rings. The Hall–Kier alpha value is -2.66. The van der Waals surface area contributed by atoms with E-state index < -0.39 is 12.6 Å². The van der Waals surface area contributed by atoms with Crippen LogP contribution >= 0.6 is 0 Å². The molecule has 2 aromatic carbocycles. The van der Waals surface area contributed by atoms with Gasteiger partial charge < -0.3 is 14.6 Å². The number of esters is 1. The topological polar surface area (TPSA) is 55.8 Å². The van der Waals surface area contributed by atoms with E-state index in [-0.39, 0.29) is 18.0 Å². The summed E-state index contributed by atoms with van der Waals surface area (Å²) < 4.78 is 25.9. The average molecular weight is 497 g/mol. The van der Waals surface area contributed by atoms with Gasteiger partial charge in [-0.2, -0.15) is 0 Å². The van der Waals surface area contributed by atoms with Crippen LogP contribution in [0.15, 0.2) is 54.6 Å². The number of aryl methyl sites for hydroxylation is 1. The van der Waals surface area contributed by atoms with Crippen molar-refractivity contribution in [2.75, 3.05) is 19.8 Å². The number of hydrogen-bond donors (Lipinski definition) is 1. The summed E-state index contributed by atoms with van der Waals surface area (Å²) in [6.07, 6.45) is 11.8. The predicted octanol–water partition coefficient (Wildman–Crippen LogP) is 7.28. The highest BCUT2D eigenvalue weighted by Gasteiger charge is 2.21. The second-order valence-corrected chi connectivity index (χ2v) is 10.0. The zero-order valence-corrected chi connectivity index (χ0v) is 21.6. The zero-order valence-electron chi connectivity index (χ0n) is 21.6. The van der Waals surface area contributed by atoms with Crippen molar-refractivity contribution in [3.05, 3.63) is 66.0 Å². The van der Waals surface area contributed by atoms with Gasteiger partial charge in [-0.3, -0.25) is 0 Å². The molecule has 0 atom stereocenters. The highest BCUT2D eigenvalue weighted by Crippen LogP contribution is 2.33. The van der Waals surface area contributed by atoms with Gasteiger partial charge in [-0.05, 0) is 60.8 Å². The Bertz CT molecular complexity index is 961. The molecule has 0 bridgehead atoms. The summed E-state index contributed by atoms with van der Waals surface area (Å²) in [7, 11) is 0. The molecule has 36 heavy (non-hydrogen) atoms. The van der Waals surface area contributed by atoms with E-state index in [9.17, 15) is 9.18 Å². The van der Waals surface area contributed by atoms with E-state index in [1.165, 1.54) is 57.4 Å². The smallest absolute Gasteiger partial charge is 0.335 e. The number of hydrogen-bond acceptors (Lipinski definition) is 4. The molecule has 0 amide bonds. The second-order valence-electron chi connectivity index (χ2n) is 10.0. The minimum absolute atomic E-state index is 0.0538. The van der Waals surface area contributed by atoms with Crippen molar-refractivity contribution in [1.82, 2.24) is 0 Å². The van der Waals surface area contributed by atoms with Gasteiger partial charge in [0.1, 0.15) is 11.6 Å². The number of carbonyl (C=O) groups excluding carboxylic acids is 1. The number of carbonyl (C=O) groups is 1. The molecule has 0 aromatic heterocycles. The molecule has 196 valence electrons. The standard InChI is InChI=1S/C31H41FO4/c1-3-4-5-7-24-9-11-26(12-10-24)22-36-28-17-18-29(30(32)20-28)27-15-13-25(14-16-27)8-6-19-35-31(34)23(2)21-33/h13-18,20,24,26,33H,2-12,19,21-22H2,1H3. The molecule has 0 unspecified atom stereocenters. The van der Waals surface area contributed by atoms with Crippen LogP contribution in [0.4, 0.5) is 4.39 Å². The van der Waals surface area contributed by atoms with Gasteiger partial charge >= 0.3 is 5.97 Å².